The van der Waals surface area contributed by atoms with Gasteiger partial charge in [-0.15, -0.1) is 0 Å². The number of rotatable bonds is 5. The Kier molecular flexibility index (Phi) is 6.92. The summed E-state index contributed by atoms with van der Waals surface area (Å²) in [5.41, 5.74) is 0.975. The highest BCUT2D eigenvalue weighted by Gasteiger charge is 2.53. The van der Waals surface area contributed by atoms with Crippen LogP contribution in [0.4, 0.5) is 15.8 Å². The van der Waals surface area contributed by atoms with E-state index in [0.717, 1.165) is 50.5 Å². The van der Waals surface area contributed by atoms with Crippen LogP contribution in [0, 0.1) is 11.7 Å². The van der Waals surface area contributed by atoms with Crippen molar-refractivity contribution in [2.75, 3.05) is 17.2 Å². The van der Waals surface area contributed by atoms with Crippen LogP contribution in [-0.4, -0.2) is 24.7 Å². The van der Waals surface area contributed by atoms with Gasteiger partial charge in [0.05, 0.1) is 22.5 Å². The Labute approximate surface area is 209 Å². The van der Waals surface area contributed by atoms with Crippen LogP contribution in [0.2, 0.25) is 10.0 Å². The molecule has 8 heteroatoms. The summed E-state index contributed by atoms with van der Waals surface area (Å²) in [4.78, 5) is 14.0. The summed E-state index contributed by atoms with van der Waals surface area (Å²) in [7, 11) is 0. The summed E-state index contributed by atoms with van der Waals surface area (Å²) >= 11 is 12.3. The van der Waals surface area contributed by atoms with Gasteiger partial charge >= 0.3 is 0 Å². The molecule has 5 rings (SSSR count). The van der Waals surface area contributed by atoms with Crippen molar-refractivity contribution in [3.8, 4) is 0 Å². The summed E-state index contributed by atoms with van der Waals surface area (Å²) < 4.78 is 20.6. The number of anilines is 2. The number of amides is 1. The van der Waals surface area contributed by atoms with E-state index >= 15 is 0 Å². The van der Waals surface area contributed by atoms with Gasteiger partial charge in [0, 0.05) is 23.7 Å². The lowest BCUT2D eigenvalue weighted by Gasteiger charge is -2.43. The van der Waals surface area contributed by atoms with Gasteiger partial charge in [-0.25, -0.2) is 4.39 Å². The molecule has 0 radical (unpaired) electrons. The molecule has 2 aliphatic heterocycles. The van der Waals surface area contributed by atoms with Crippen molar-refractivity contribution in [2.24, 2.45) is 5.92 Å². The molecular weight excluding hydrogens is 476 g/mol. The molecule has 1 amide bonds. The molecule has 182 valence electrons. The van der Waals surface area contributed by atoms with Gasteiger partial charge in [-0.1, -0.05) is 54.6 Å². The van der Waals surface area contributed by atoms with Crippen molar-refractivity contribution in [3.05, 3.63) is 57.8 Å². The highest BCUT2D eigenvalue weighted by Crippen LogP contribution is 2.48. The molecule has 3 unspecified atom stereocenters. The minimum Gasteiger partial charge on any atom is -0.377 e. The molecule has 1 saturated heterocycles. The molecule has 2 aromatic carbocycles. The number of hydrogen-bond acceptors (Lipinski definition) is 4. The van der Waals surface area contributed by atoms with E-state index in [1.165, 1.54) is 12.5 Å². The molecular formula is C26H30Cl2FN3O2. The molecule has 0 aromatic heterocycles. The van der Waals surface area contributed by atoms with Crippen LogP contribution in [0.15, 0.2) is 36.4 Å². The highest BCUT2D eigenvalue weighted by molar-refractivity contribution is 6.31. The maximum absolute atomic E-state index is 14.4. The van der Waals surface area contributed by atoms with Crippen LogP contribution in [0.5, 0.6) is 0 Å². The average molecular weight is 506 g/mol. The Morgan fingerprint density at radius 2 is 1.68 bits per heavy atom. The summed E-state index contributed by atoms with van der Waals surface area (Å²) in [5, 5.41) is 10.9. The van der Waals surface area contributed by atoms with Crippen LogP contribution in [-0.2, 0) is 15.2 Å². The van der Waals surface area contributed by atoms with Crippen LogP contribution in [0.1, 0.15) is 56.9 Å². The van der Waals surface area contributed by atoms with Gasteiger partial charge < -0.3 is 20.7 Å². The topological polar surface area (TPSA) is 62.4 Å². The molecule has 3 N–H and O–H groups in total. The molecule has 0 bridgehead atoms. The molecule has 1 saturated carbocycles. The fourth-order valence-corrected chi connectivity index (χ4v) is 5.90. The Morgan fingerprint density at radius 1 is 1.00 bits per heavy atom. The molecule has 2 aromatic rings. The molecule has 1 aliphatic carbocycles. The van der Waals surface area contributed by atoms with Crippen LogP contribution < -0.4 is 16.0 Å². The summed E-state index contributed by atoms with van der Waals surface area (Å²) in [6.45, 7) is 0.613. The zero-order valence-corrected chi connectivity index (χ0v) is 20.5. The van der Waals surface area contributed by atoms with E-state index in [9.17, 15) is 9.18 Å². The SMILES string of the molecule is O=C(NC1CCCCC1)C(C1CCCCO1)C1(c2ccc(Cl)cc2)Nc2cc(F)c(Cl)cc2N1. The maximum atomic E-state index is 14.4. The van der Waals surface area contributed by atoms with Crippen molar-refractivity contribution in [1.29, 1.82) is 0 Å². The van der Waals surface area contributed by atoms with E-state index in [2.05, 4.69) is 16.0 Å². The lowest BCUT2D eigenvalue weighted by molar-refractivity contribution is -0.136. The van der Waals surface area contributed by atoms with Gasteiger partial charge in [0.2, 0.25) is 5.91 Å². The second-order valence-corrected chi connectivity index (χ2v) is 10.4. The van der Waals surface area contributed by atoms with Crippen LogP contribution in [0.3, 0.4) is 0 Å². The number of ether oxygens (including phenoxy) is 1. The number of hydrogen-bond donors (Lipinski definition) is 3. The Balaban J connectivity index is 1.58. The van der Waals surface area contributed by atoms with E-state index in [1.807, 2.05) is 12.1 Å². The van der Waals surface area contributed by atoms with Gasteiger partial charge in [-0.2, -0.15) is 0 Å². The largest absolute Gasteiger partial charge is 0.377 e. The van der Waals surface area contributed by atoms with Gasteiger partial charge in [0.25, 0.3) is 0 Å². The molecule has 2 fully saturated rings. The Bertz CT molecular complexity index is 1010. The van der Waals surface area contributed by atoms with Crippen molar-refractivity contribution in [3.63, 3.8) is 0 Å². The molecule has 2 heterocycles. The average Bonchev–Trinajstić information content (AvgIpc) is 3.19. The molecule has 3 aliphatic rings. The lowest BCUT2D eigenvalue weighted by Crippen LogP contribution is -2.59. The first kappa shape index (κ1) is 23.7. The van der Waals surface area contributed by atoms with Gasteiger partial charge in [0.1, 0.15) is 17.4 Å². The lowest BCUT2D eigenvalue weighted by atomic mass is 9.79. The standard InChI is InChI=1S/C26H30Cl2FN3O2/c27-17-11-9-16(10-12-17)26(31-21-14-19(28)20(29)15-22(21)32-26)24(23-8-4-5-13-34-23)25(33)30-18-6-2-1-3-7-18/h9-12,14-15,18,23-24,31-32H,1-8,13H2,(H,30,33). The zero-order chi connectivity index (χ0) is 23.7. The van der Waals surface area contributed by atoms with Crippen LogP contribution in [0.25, 0.3) is 0 Å². The first-order valence-electron chi connectivity index (χ1n) is 12.2. The second-order valence-electron chi connectivity index (χ2n) is 9.60. The maximum Gasteiger partial charge on any atom is 0.230 e. The predicted octanol–water partition coefficient (Wildman–Crippen LogP) is 6.46. The van der Waals surface area contributed by atoms with Gasteiger partial charge in [-0.3, -0.25) is 4.79 Å². The number of fused-ring (bicyclic) bond motifs is 1. The fraction of sp³-hybridized carbons (Fsp3) is 0.500. The number of carbonyl (C=O) groups is 1. The van der Waals surface area contributed by atoms with Crippen molar-refractivity contribution < 1.29 is 13.9 Å². The van der Waals surface area contributed by atoms with Crippen molar-refractivity contribution >= 4 is 40.5 Å². The predicted molar refractivity (Wildman–Crippen MR) is 134 cm³/mol. The van der Waals surface area contributed by atoms with Crippen LogP contribution >= 0.6 is 23.2 Å². The summed E-state index contributed by atoms with van der Waals surface area (Å²) in [6, 6.07) is 10.5. The van der Waals surface area contributed by atoms with E-state index < -0.39 is 17.4 Å². The van der Waals surface area contributed by atoms with E-state index in [0.29, 0.717) is 23.0 Å². The fourth-order valence-electron chi connectivity index (χ4n) is 5.61. The normalized spacial score (nSPS) is 25.7. The van der Waals surface area contributed by atoms with E-state index in [4.69, 9.17) is 27.9 Å². The third-order valence-corrected chi connectivity index (χ3v) is 7.85. The minimum absolute atomic E-state index is 0.0251. The number of benzene rings is 2. The minimum atomic E-state index is -1.05. The number of carbonyl (C=O) groups excluding carboxylic acids is 1. The van der Waals surface area contributed by atoms with Gasteiger partial charge in [-0.05, 0) is 55.9 Å². The summed E-state index contributed by atoms with van der Waals surface area (Å²) in [6.07, 6.45) is 7.86. The Morgan fingerprint density at radius 3 is 2.35 bits per heavy atom. The highest BCUT2D eigenvalue weighted by atomic mass is 35.5. The van der Waals surface area contributed by atoms with E-state index in [-0.39, 0.29) is 23.1 Å². The smallest absolute Gasteiger partial charge is 0.230 e. The number of nitrogens with one attached hydrogen (secondary N) is 3. The Hall–Kier alpha value is -2.02. The first-order valence-corrected chi connectivity index (χ1v) is 13.0. The third kappa shape index (κ3) is 4.60. The molecule has 5 nitrogen and oxygen atoms in total. The number of halogens is 3. The molecule has 0 spiro atoms. The zero-order valence-electron chi connectivity index (χ0n) is 19.0. The summed E-state index contributed by atoms with van der Waals surface area (Å²) in [5.74, 6) is -1.18. The monoisotopic (exact) mass is 505 g/mol. The first-order chi connectivity index (χ1) is 16.5. The van der Waals surface area contributed by atoms with Crippen molar-refractivity contribution in [2.45, 2.75) is 69.2 Å². The second kappa shape index (κ2) is 9.92. The molecule has 3 atom stereocenters. The third-order valence-electron chi connectivity index (χ3n) is 7.31. The van der Waals surface area contributed by atoms with Gasteiger partial charge in [0.15, 0.2) is 0 Å². The quantitative estimate of drug-likeness (QED) is 0.436. The van der Waals surface area contributed by atoms with E-state index in [1.54, 1.807) is 18.2 Å². The molecule has 34 heavy (non-hydrogen) atoms. The van der Waals surface area contributed by atoms with Crippen molar-refractivity contribution in [1.82, 2.24) is 5.32 Å².